The Labute approximate surface area is 129 Å². The van der Waals surface area contributed by atoms with Gasteiger partial charge in [-0.3, -0.25) is 0 Å². The number of rotatable bonds is 4. The third-order valence-electron chi connectivity index (χ3n) is 4.27. The van der Waals surface area contributed by atoms with Crippen molar-refractivity contribution in [1.29, 1.82) is 0 Å². The quantitative estimate of drug-likeness (QED) is 0.923. The molecule has 21 heavy (non-hydrogen) atoms. The van der Waals surface area contributed by atoms with Crippen molar-refractivity contribution in [3.63, 3.8) is 0 Å². The van der Waals surface area contributed by atoms with Crippen molar-refractivity contribution in [2.24, 2.45) is 0 Å². The van der Waals surface area contributed by atoms with E-state index in [1.165, 1.54) is 29.8 Å². The van der Waals surface area contributed by atoms with E-state index >= 15 is 0 Å². The molecule has 0 spiro atoms. The van der Waals surface area contributed by atoms with Crippen LogP contribution in [0.5, 0.6) is 5.75 Å². The molecule has 0 aromatic heterocycles. The number of aryl methyl sites for hydroxylation is 1. The minimum Gasteiger partial charge on any atom is -0.496 e. The lowest BCUT2D eigenvalue weighted by atomic mass is 9.83. The highest BCUT2D eigenvalue weighted by Gasteiger charge is 2.21. The van der Waals surface area contributed by atoms with Crippen molar-refractivity contribution in [2.45, 2.75) is 39.5 Å². The van der Waals surface area contributed by atoms with Crippen LogP contribution in [-0.2, 0) is 11.8 Å². The molecule has 1 aliphatic heterocycles. The van der Waals surface area contributed by atoms with E-state index in [1.54, 1.807) is 7.11 Å². The van der Waals surface area contributed by atoms with E-state index in [4.69, 9.17) is 4.74 Å². The van der Waals surface area contributed by atoms with E-state index in [0.717, 1.165) is 31.8 Å². The van der Waals surface area contributed by atoms with E-state index in [0.29, 0.717) is 0 Å². The molecule has 3 heteroatoms. The first-order valence-electron chi connectivity index (χ1n) is 8.03. The molecule has 1 heterocycles. The Morgan fingerprint density at radius 1 is 1.19 bits per heavy atom. The zero-order valence-electron chi connectivity index (χ0n) is 14.3. The smallest absolute Gasteiger partial charge is 0.125 e. The number of piperazine rings is 1. The second kappa shape index (κ2) is 6.80. The van der Waals surface area contributed by atoms with Crippen LogP contribution in [0, 0.1) is 6.92 Å². The molecule has 0 bridgehead atoms. The lowest BCUT2D eigenvalue weighted by molar-refractivity contribution is 0.244. The molecular formula is C18H30N2O. The number of methoxy groups -OCH3 is 1. The predicted molar refractivity (Wildman–Crippen MR) is 89.4 cm³/mol. The molecule has 1 aromatic carbocycles. The van der Waals surface area contributed by atoms with Crippen LogP contribution in [0.1, 0.15) is 37.5 Å². The zero-order valence-corrected chi connectivity index (χ0v) is 14.3. The number of benzene rings is 1. The Balaban J connectivity index is 2.14. The lowest BCUT2D eigenvalue weighted by Crippen LogP contribution is -2.44. The van der Waals surface area contributed by atoms with Crippen LogP contribution in [-0.4, -0.2) is 44.7 Å². The topological polar surface area (TPSA) is 24.5 Å². The van der Waals surface area contributed by atoms with Crippen molar-refractivity contribution in [3.8, 4) is 5.75 Å². The van der Waals surface area contributed by atoms with Crippen LogP contribution in [0.25, 0.3) is 0 Å². The molecule has 1 aromatic rings. The fourth-order valence-electron chi connectivity index (χ4n) is 3.04. The normalized spacial score (nSPS) is 17.0. The second-order valence-corrected chi connectivity index (χ2v) is 7.09. The highest BCUT2D eigenvalue weighted by molar-refractivity contribution is 5.47. The van der Waals surface area contributed by atoms with Gasteiger partial charge in [-0.05, 0) is 29.9 Å². The average molecular weight is 290 g/mol. The molecule has 118 valence electrons. The van der Waals surface area contributed by atoms with Crippen LogP contribution in [0.3, 0.4) is 0 Å². The van der Waals surface area contributed by atoms with Gasteiger partial charge in [0.2, 0.25) is 0 Å². The highest BCUT2D eigenvalue weighted by Crippen LogP contribution is 2.35. The van der Waals surface area contributed by atoms with Gasteiger partial charge < -0.3 is 15.0 Å². The summed E-state index contributed by atoms with van der Waals surface area (Å²) in [5.41, 5.74) is 4.11. The van der Waals surface area contributed by atoms with E-state index in [-0.39, 0.29) is 5.41 Å². The van der Waals surface area contributed by atoms with Gasteiger partial charge >= 0.3 is 0 Å². The lowest BCUT2D eigenvalue weighted by Gasteiger charge is -2.28. The SMILES string of the molecule is COc1c(C)cc(CCN2CCNCC2)cc1C(C)(C)C. The van der Waals surface area contributed by atoms with Crippen molar-refractivity contribution < 1.29 is 4.74 Å². The summed E-state index contributed by atoms with van der Waals surface area (Å²) in [6.45, 7) is 14.6. The third kappa shape index (κ3) is 4.21. The average Bonchev–Trinajstić information content (AvgIpc) is 2.44. The third-order valence-corrected chi connectivity index (χ3v) is 4.27. The number of nitrogens with zero attached hydrogens (tertiary/aromatic N) is 1. The largest absolute Gasteiger partial charge is 0.496 e. The first-order chi connectivity index (χ1) is 9.91. The molecule has 0 saturated carbocycles. The summed E-state index contributed by atoms with van der Waals surface area (Å²) in [5.74, 6) is 1.05. The number of hydrogen-bond acceptors (Lipinski definition) is 3. The van der Waals surface area contributed by atoms with Gasteiger partial charge in [-0.25, -0.2) is 0 Å². The molecular weight excluding hydrogens is 260 g/mol. The molecule has 0 atom stereocenters. The number of nitrogens with one attached hydrogen (secondary N) is 1. The minimum atomic E-state index is 0.112. The molecule has 1 aliphatic rings. The van der Waals surface area contributed by atoms with E-state index < -0.39 is 0 Å². The summed E-state index contributed by atoms with van der Waals surface area (Å²) in [4.78, 5) is 2.55. The Hall–Kier alpha value is -1.06. The Morgan fingerprint density at radius 2 is 1.86 bits per heavy atom. The molecule has 1 fully saturated rings. The van der Waals surface area contributed by atoms with Gasteiger partial charge in [0.05, 0.1) is 7.11 Å². The van der Waals surface area contributed by atoms with Crippen LogP contribution >= 0.6 is 0 Å². The van der Waals surface area contributed by atoms with Crippen LogP contribution in [0.2, 0.25) is 0 Å². The predicted octanol–water partition coefficient (Wildman–Crippen LogP) is 2.75. The monoisotopic (exact) mass is 290 g/mol. The van der Waals surface area contributed by atoms with Crippen LogP contribution in [0.15, 0.2) is 12.1 Å². The Bertz CT molecular complexity index is 471. The van der Waals surface area contributed by atoms with Crippen molar-refractivity contribution >= 4 is 0 Å². The summed E-state index contributed by atoms with van der Waals surface area (Å²) < 4.78 is 5.63. The van der Waals surface area contributed by atoms with Gasteiger partial charge in [0.25, 0.3) is 0 Å². The molecule has 0 amide bonds. The van der Waals surface area contributed by atoms with Gasteiger partial charge in [0, 0.05) is 38.3 Å². The van der Waals surface area contributed by atoms with E-state index in [1.807, 2.05) is 0 Å². The molecule has 0 radical (unpaired) electrons. The molecule has 1 N–H and O–H groups in total. The first-order valence-corrected chi connectivity index (χ1v) is 8.03. The summed E-state index contributed by atoms with van der Waals surface area (Å²) in [6.07, 6.45) is 1.12. The van der Waals surface area contributed by atoms with Gasteiger partial charge in [0.1, 0.15) is 5.75 Å². The molecule has 0 unspecified atom stereocenters. The van der Waals surface area contributed by atoms with Crippen molar-refractivity contribution in [1.82, 2.24) is 10.2 Å². The van der Waals surface area contributed by atoms with E-state index in [9.17, 15) is 0 Å². The molecule has 2 rings (SSSR count). The van der Waals surface area contributed by atoms with Gasteiger partial charge in [-0.15, -0.1) is 0 Å². The highest BCUT2D eigenvalue weighted by atomic mass is 16.5. The van der Waals surface area contributed by atoms with Crippen molar-refractivity contribution in [3.05, 3.63) is 28.8 Å². The maximum absolute atomic E-state index is 5.63. The fraction of sp³-hybridized carbons (Fsp3) is 0.667. The first kappa shape index (κ1) is 16.3. The molecule has 1 saturated heterocycles. The standard InChI is InChI=1S/C18H30N2O/c1-14-12-15(6-9-20-10-7-19-8-11-20)13-16(17(14)21-5)18(2,3)4/h12-13,19H,6-11H2,1-5H3. The van der Waals surface area contributed by atoms with Gasteiger partial charge in [0.15, 0.2) is 0 Å². The van der Waals surface area contributed by atoms with Crippen LogP contribution in [0.4, 0.5) is 0 Å². The summed E-state index contributed by atoms with van der Waals surface area (Å²) in [5, 5.41) is 3.41. The molecule has 3 nitrogen and oxygen atoms in total. The maximum Gasteiger partial charge on any atom is 0.125 e. The summed E-state index contributed by atoms with van der Waals surface area (Å²) in [7, 11) is 1.78. The zero-order chi connectivity index (χ0) is 15.5. The maximum atomic E-state index is 5.63. The van der Waals surface area contributed by atoms with E-state index in [2.05, 4.69) is 50.0 Å². The number of hydrogen-bond donors (Lipinski definition) is 1. The van der Waals surface area contributed by atoms with Crippen molar-refractivity contribution in [2.75, 3.05) is 39.8 Å². The fourth-order valence-corrected chi connectivity index (χ4v) is 3.04. The molecule has 0 aliphatic carbocycles. The van der Waals surface area contributed by atoms with Crippen LogP contribution < -0.4 is 10.1 Å². The van der Waals surface area contributed by atoms with Gasteiger partial charge in [-0.2, -0.15) is 0 Å². The summed E-state index contributed by atoms with van der Waals surface area (Å²) >= 11 is 0. The second-order valence-electron chi connectivity index (χ2n) is 7.09. The minimum absolute atomic E-state index is 0.112. The van der Waals surface area contributed by atoms with Gasteiger partial charge in [-0.1, -0.05) is 32.9 Å². The Morgan fingerprint density at radius 3 is 2.43 bits per heavy atom. The summed E-state index contributed by atoms with van der Waals surface area (Å²) in [6, 6.07) is 4.63. The Kier molecular flexibility index (Phi) is 5.28. The number of ether oxygens (including phenoxy) is 1.